The van der Waals surface area contributed by atoms with E-state index in [0.717, 1.165) is 32.8 Å². The number of hydrogen-bond acceptors (Lipinski definition) is 6. The van der Waals surface area contributed by atoms with Crippen LogP contribution in [0.4, 0.5) is 5.69 Å². The molecule has 0 atom stereocenters. The van der Waals surface area contributed by atoms with Crippen molar-refractivity contribution in [2.24, 2.45) is 0 Å². The van der Waals surface area contributed by atoms with Crippen molar-refractivity contribution in [3.05, 3.63) is 33.8 Å². The van der Waals surface area contributed by atoms with Gasteiger partial charge in [0.25, 0.3) is 0 Å². The number of fused-ring (bicyclic) bond motifs is 1. The summed E-state index contributed by atoms with van der Waals surface area (Å²) in [6.45, 7) is 4.95. The van der Waals surface area contributed by atoms with Gasteiger partial charge in [0.15, 0.2) is 4.34 Å². The lowest BCUT2D eigenvalue weighted by molar-refractivity contribution is 1.11. The molecule has 0 fully saturated rings. The molecule has 1 aromatic carbocycles. The topological polar surface area (TPSA) is 37.8 Å². The minimum absolute atomic E-state index is 0.830. The first-order chi connectivity index (χ1) is 9.65. The van der Waals surface area contributed by atoms with E-state index in [0.29, 0.717) is 0 Å². The predicted molar refractivity (Wildman–Crippen MR) is 90.3 cm³/mol. The SMILES string of the molecule is CSc1nc2ccc(NCc3sc(C)nc3C)cc2s1. The summed E-state index contributed by atoms with van der Waals surface area (Å²) in [6, 6.07) is 6.35. The van der Waals surface area contributed by atoms with E-state index in [4.69, 9.17) is 0 Å². The zero-order valence-corrected chi connectivity index (χ0v) is 14.0. The van der Waals surface area contributed by atoms with E-state index in [-0.39, 0.29) is 0 Å². The summed E-state index contributed by atoms with van der Waals surface area (Å²) in [5.41, 5.74) is 3.34. The number of rotatable bonds is 4. The number of thiazole rings is 2. The molecule has 2 heterocycles. The molecule has 0 radical (unpaired) electrons. The molecular weight excluding hydrogens is 306 g/mol. The van der Waals surface area contributed by atoms with Gasteiger partial charge in [-0.1, -0.05) is 11.8 Å². The van der Waals surface area contributed by atoms with E-state index in [1.807, 2.05) is 0 Å². The van der Waals surface area contributed by atoms with Crippen molar-refractivity contribution < 1.29 is 0 Å². The first-order valence-electron chi connectivity index (χ1n) is 6.27. The largest absolute Gasteiger partial charge is 0.380 e. The van der Waals surface area contributed by atoms with Crippen LogP contribution in [0.2, 0.25) is 0 Å². The Bertz CT molecular complexity index is 745. The van der Waals surface area contributed by atoms with Crippen LogP contribution < -0.4 is 5.32 Å². The molecule has 1 N–H and O–H groups in total. The predicted octanol–water partition coefficient (Wildman–Crippen LogP) is 4.70. The number of benzene rings is 1. The fourth-order valence-electron chi connectivity index (χ4n) is 2.02. The molecular formula is C14H15N3S3. The molecule has 6 heteroatoms. The first-order valence-corrected chi connectivity index (χ1v) is 9.13. The molecule has 0 aliphatic carbocycles. The Morgan fingerprint density at radius 2 is 2.05 bits per heavy atom. The van der Waals surface area contributed by atoms with Crippen molar-refractivity contribution in [3.8, 4) is 0 Å². The minimum Gasteiger partial charge on any atom is -0.380 e. The van der Waals surface area contributed by atoms with Gasteiger partial charge in [0.1, 0.15) is 0 Å². The van der Waals surface area contributed by atoms with Crippen molar-refractivity contribution in [3.63, 3.8) is 0 Å². The maximum atomic E-state index is 4.55. The summed E-state index contributed by atoms with van der Waals surface area (Å²) in [6.07, 6.45) is 2.06. The molecule has 20 heavy (non-hydrogen) atoms. The normalized spacial score (nSPS) is 11.2. The molecule has 0 unspecified atom stereocenters. The quantitative estimate of drug-likeness (QED) is 0.707. The fraction of sp³-hybridized carbons (Fsp3) is 0.286. The van der Waals surface area contributed by atoms with Crippen LogP contribution in [-0.2, 0) is 6.54 Å². The van der Waals surface area contributed by atoms with Gasteiger partial charge < -0.3 is 5.32 Å². The molecule has 3 nitrogen and oxygen atoms in total. The Hall–Kier alpha value is -1.11. The van der Waals surface area contributed by atoms with Gasteiger partial charge in [0, 0.05) is 10.6 Å². The molecule has 0 aliphatic heterocycles. The highest BCUT2D eigenvalue weighted by atomic mass is 32.2. The number of aromatic nitrogens is 2. The van der Waals surface area contributed by atoms with Crippen LogP contribution in [0.25, 0.3) is 10.2 Å². The highest BCUT2D eigenvalue weighted by Gasteiger charge is 2.06. The zero-order chi connectivity index (χ0) is 14.1. The van der Waals surface area contributed by atoms with Crippen molar-refractivity contribution in [1.82, 2.24) is 9.97 Å². The third kappa shape index (κ3) is 2.82. The van der Waals surface area contributed by atoms with E-state index in [9.17, 15) is 0 Å². The third-order valence-electron chi connectivity index (χ3n) is 3.00. The van der Waals surface area contributed by atoms with E-state index < -0.39 is 0 Å². The smallest absolute Gasteiger partial charge is 0.150 e. The van der Waals surface area contributed by atoms with E-state index in [2.05, 4.69) is 53.6 Å². The molecule has 0 spiro atoms. The lowest BCUT2D eigenvalue weighted by Gasteiger charge is -2.05. The Kier molecular flexibility index (Phi) is 3.96. The molecule has 0 saturated carbocycles. The van der Waals surface area contributed by atoms with Crippen LogP contribution in [0.15, 0.2) is 22.5 Å². The zero-order valence-electron chi connectivity index (χ0n) is 11.6. The highest BCUT2D eigenvalue weighted by Crippen LogP contribution is 2.30. The highest BCUT2D eigenvalue weighted by molar-refractivity contribution is 8.00. The van der Waals surface area contributed by atoms with Crippen molar-refractivity contribution in [2.45, 2.75) is 24.7 Å². The van der Waals surface area contributed by atoms with E-state index in [1.165, 1.54) is 9.58 Å². The summed E-state index contributed by atoms with van der Waals surface area (Å²) in [5, 5.41) is 4.60. The number of nitrogens with zero attached hydrogens (tertiary/aromatic N) is 2. The Balaban J connectivity index is 1.78. The molecule has 2 aromatic heterocycles. The van der Waals surface area contributed by atoms with Gasteiger partial charge in [-0.2, -0.15) is 0 Å². The van der Waals surface area contributed by atoms with Gasteiger partial charge in [-0.3, -0.25) is 0 Å². The molecule has 0 aliphatic rings. The average Bonchev–Trinajstić information content (AvgIpc) is 2.98. The fourth-order valence-corrected chi connectivity index (χ4v) is 4.43. The van der Waals surface area contributed by atoms with Gasteiger partial charge in [0.05, 0.1) is 27.5 Å². The second kappa shape index (κ2) is 5.71. The monoisotopic (exact) mass is 321 g/mol. The molecule has 0 amide bonds. The number of anilines is 1. The second-order valence-corrected chi connectivity index (χ2v) is 7.83. The Morgan fingerprint density at radius 3 is 2.75 bits per heavy atom. The lowest BCUT2D eigenvalue weighted by atomic mass is 10.3. The van der Waals surface area contributed by atoms with Gasteiger partial charge >= 0.3 is 0 Å². The molecule has 3 rings (SSSR count). The van der Waals surface area contributed by atoms with Gasteiger partial charge in [-0.15, -0.1) is 22.7 Å². The maximum Gasteiger partial charge on any atom is 0.150 e. The molecule has 0 bridgehead atoms. The summed E-state index contributed by atoms with van der Waals surface area (Å²) in [5.74, 6) is 0. The first kappa shape index (κ1) is 13.9. The van der Waals surface area contributed by atoms with Crippen molar-refractivity contribution >= 4 is 50.3 Å². The molecule has 104 valence electrons. The van der Waals surface area contributed by atoms with Crippen molar-refractivity contribution in [1.29, 1.82) is 0 Å². The Labute approximate surface area is 130 Å². The summed E-state index contributed by atoms with van der Waals surface area (Å²) in [7, 11) is 0. The van der Waals surface area contributed by atoms with E-state index in [1.54, 1.807) is 34.4 Å². The summed E-state index contributed by atoms with van der Waals surface area (Å²) in [4.78, 5) is 10.3. The van der Waals surface area contributed by atoms with Crippen LogP contribution in [0, 0.1) is 13.8 Å². The van der Waals surface area contributed by atoms with Gasteiger partial charge in [-0.05, 0) is 38.3 Å². The van der Waals surface area contributed by atoms with Crippen LogP contribution in [0.1, 0.15) is 15.6 Å². The second-order valence-electron chi connectivity index (χ2n) is 4.46. The van der Waals surface area contributed by atoms with Crippen molar-refractivity contribution in [2.75, 3.05) is 11.6 Å². The standard InChI is InChI=1S/C14H15N3S3/c1-8-13(19-9(2)16-8)7-15-10-4-5-11-12(6-10)20-14(17-11)18-3/h4-6,15H,7H2,1-3H3. The third-order valence-corrected chi connectivity index (χ3v) is 6.07. The number of nitrogens with one attached hydrogen (secondary N) is 1. The maximum absolute atomic E-state index is 4.55. The average molecular weight is 321 g/mol. The van der Waals surface area contributed by atoms with Crippen LogP contribution in [0.3, 0.4) is 0 Å². The number of aryl methyl sites for hydroxylation is 2. The summed E-state index contributed by atoms with van der Waals surface area (Å²) >= 11 is 5.20. The van der Waals surface area contributed by atoms with Gasteiger partial charge in [-0.25, -0.2) is 9.97 Å². The van der Waals surface area contributed by atoms with Gasteiger partial charge in [0.2, 0.25) is 0 Å². The minimum atomic E-state index is 0.830. The Morgan fingerprint density at radius 1 is 1.20 bits per heavy atom. The molecule has 3 aromatic rings. The lowest BCUT2D eigenvalue weighted by Crippen LogP contribution is -1.98. The van der Waals surface area contributed by atoms with Crippen LogP contribution in [-0.4, -0.2) is 16.2 Å². The van der Waals surface area contributed by atoms with Crippen LogP contribution in [0.5, 0.6) is 0 Å². The molecule has 0 saturated heterocycles. The number of thioether (sulfide) groups is 1. The summed E-state index contributed by atoms with van der Waals surface area (Å²) < 4.78 is 2.35. The van der Waals surface area contributed by atoms with Crippen LogP contribution >= 0.6 is 34.4 Å². The van der Waals surface area contributed by atoms with E-state index >= 15 is 0 Å². The number of hydrogen-bond donors (Lipinski definition) is 1.